The standard InChI is InChI=1S/C37H27Cl2F5N2O7/c1-53-24-14-17(5-11-23(24)48)4-10-22-19-8-9-20-25(33(50)45(32(20)49)13-12-16-2-6-18(47)7-3-16)21(19)15-36(38)34(51)46(35(52)37(22,36)39)31-29(43)27(41)26(40)28(42)30(31)44/h2-8,10-11,14,20-22,25,47-48H,9,12-13,15H2,1H3. The molecule has 4 amide bonds. The normalized spacial score (nSPS) is 28.0. The number of amides is 4. The number of rotatable bonds is 7. The summed E-state index contributed by atoms with van der Waals surface area (Å²) >= 11 is 14.2. The zero-order valence-corrected chi connectivity index (χ0v) is 28.9. The van der Waals surface area contributed by atoms with Crippen molar-refractivity contribution in [2.24, 2.45) is 23.7 Å². The molecule has 6 atom stereocenters. The monoisotopic (exact) mass is 776 g/mol. The molecule has 3 aromatic rings. The number of anilines is 1. The van der Waals surface area contributed by atoms with Gasteiger partial charge in [0, 0.05) is 12.5 Å². The SMILES string of the molecule is COc1cc(C=CC2C3=CCC4C(=O)N(CCc5ccc(O)cc5)C(=O)C4C3CC3(Cl)C(=O)N(c4c(F)c(F)c(F)c(F)c4F)C(=O)C23Cl)ccc1O. The molecule has 2 aliphatic carbocycles. The van der Waals surface area contributed by atoms with Crippen molar-refractivity contribution in [3.8, 4) is 17.2 Å². The Balaban J connectivity index is 1.33. The molecular formula is C37H27Cl2F5N2O7. The topological polar surface area (TPSA) is 124 Å². The first-order chi connectivity index (χ1) is 25.1. The Kier molecular flexibility index (Phi) is 8.84. The molecule has 0 bridgehead atoms. The van der Waals surface area contributed by atoms with Gasteiger partial charge >= 0.3 is 0 Å². The van der Waals surface area contributed by atoms with Crippen molar-refractivity contribution in [3.05, 3.63) is 100 Å². The quantitative estimate of drug-likeness (QED) is 0.0737. The van der Waals surface area contributed by atoms with Gasteiger partial charge in [-0.3, -0.25) is 24.1 Å². The van der Waals surface area contributed by atoms with Gasteiger partial charge in [-0.25, -0.2) is 26.9 Å². The van der Waals surface area contributed by atoms with Crippen molar-refractivity contribution in [3.63, 3.8) is 0 Å². The van der Waals surface area contributed by atoms with Crippen molar-refractivity contribution in [1.29, 1.82) is 0 Å². The molecule has 0 radical (unpaired) electrons. The van der Waals surface area contributed by atoms with E-state index in [0.29, 0.717) is 11.1 Å². The van der Waals surface area contributed by atoms with Crippen LogP contribution >= 0.6 is 23.2 Å². The minimum absolute atomic E-state index is 0.0000976. The van der Waals surface area contributed by atoms with Crippen LogP contribution in [-0.2, 0) is 25.6 Å². The molecule has 3 fully saturated rings. The molecule has 1 saturated carbocycles. The lowest BCUT2D eigenvalue weighted by atomic mass is 9.57. The molecule has 16 heteroatoms. The number of imide groups is 2. The van der Waals surface area contributed by atoms with Gasteiger partial charge in [0.05, 0.1) is 18.9 Å². The second-order valence-electron chi connectivity index (χ2n) is 13.3. The summed E-state index contributed by atoms with van der Waals surface area (Å²) in [5.41, 5.74) is -0.473. The first-order valence-corrected chi connectivity index (χ1v) is 17.0. The minimum atomic E-state index is -2.65. The number of benzene rings is 3. The maximum Gasteiger partial charge on any atom is 0.258 e. The average molecular weight is 778 g/mol. The predicted octanol–water partition coefficient (Wildman–Crippen LogP) is 6.15. The molecule has 276 valence electrons. The van der Waals surface area contributed by atoms with Crippen LogP contribution in [0.3, 0.4) is 0 Å². The Bertz CT molecular complexity index is 2150. The number of methoxy groups -OCH3 is 1. The number of carbonyl (C=O) groups excluding carboxylic acids is 4. The van der Waals surface area contributed by atoms with E-state index in [1.165, 1.54) is 49.6 Å². The number of phenols is 2. The molecular weight excluding hydrogens is 750 g/mol. The molecule has 2 N–H and O–H groups in total. The number of aromatic hydroxyl groups is 2. The number of allylic oxidation sites excluding steroid dienone is 3. The van der Waals surface area contributed by atoms with E-state index in [4.69, 9.17) is 27.9 Å². The van der Waals surface area contributed by atoms with Crippen LogP contribution in [0.1, 0.15) is 24.0 Å². The van der Waals surface area contributed by atoms with Gasteiger partial charge in [0.1, 0.15) is 11.4 Å². The lowest BCUT2D eigenvalue weighted by molar-refractivity contribution is -0.140. The number of hydrogen-bond acceptors (Lipinski definition) is 7. The zero-order valence-electron chi connectivity index (χ0n) is 27.4. The molecule has 9 nitrogen and oxygen atoms in total. The van der Waals surface area contributed by atoms with Crippen LogP contribution in [0.2, 0.25) is 0 Å². The van der Waals surface area contributed by atoms with Crippen LogP contribution in [-0.4, -0.2) is 62.1 Å². The molecule has 53 heavy (non-hydrogen) atoms. The van der Waals surface area contributed by atoms with Gasteiger partial charge in [0.15, 0.2) is 44.5 Å². The Hall–Kier alpha value is -4.95. The number of phenolic OH excluding ortho intramolecular Hbond substituents is 2. The number of nitrogens with zero attached hydrogens (tertiary/aromatic N) is 2. The number of hydrogen-bond donors (Lipinski definition) is 2. The third-order valence-corrected chi connectivity index (χ3v) is 12.0. The van der Waals surface area contributed by atoms with Crippen molar-refractivity contribution >= 4 is 58.6 Å². The summed E-state index contributed by atoms with van der Waals surface area (Å²) in [6, 6.07) is 10.4. The summed E-state index contributed by atoms with van der Waals surface area (Å²) in [6.45, 7) is -0.0274. The van der Waals surface area contributed by atoms with Crippen LogP contribution < -0.4 is 9.64 Å². The highest BCUT2D eigenvalue weighted by atomic mass is 35.5. The molecule has 2 saturated heterocycles. The van der Waals surface area contributed by atoms with E-state index in [1.54, 1.807) is 18.2 Å². The van der Waals surface area contributed by atoms with Gasteiger partial charge in [0.2, 0.25) is 17.6 Å². The Morgan fingerprint density at radius 1 is 0.868 bits per heavy atom. The molecule has 2 aliphatic heterocycles. The lowest BCUT2D eigenvalue weighted by Crippen LogP contribution is -2.60. The summed E-state index contributed by atoms with van der Waals surface area (Å²) in [6.07, 6.45) is 3.99. The number of alkyl halides is 2. The molecule has 0 spiro atoms. The fraction of sp³-hybridized carbons (Fsp3) is 0.297. The van der Waals surface area contributed by atoms with Gasteiger partial charge in [-0.05, 0) is 60.6 Å². The average Bonchev–Trinajstić information content (AvgIpc) is 3.47. The summed E-state index contributed by atoms with van der Waals surface area (Å²) < 4.78 is 78.5. The van der Waals surface area contributed by atoms with Gasteiger partial charge in [-0.15, -0.1) is 23.2 Å². The van der Waals surface area contributed by atoms with Crippen LogP contribution in [0.15, 0.2) is 60.2 Å². The van der Waals surface area contributed by atoms with E-state index in [0.717, 1.165) is 10.5 Å². The highest BCUT2D eigenvalue weighted by Gasteiger charge is 2.76. The molecule has 3 aromatic carbocycles. The first kappa shape index (κ1) is 36.4. The van der Waals surface area contributed by atoms with Crippen molar-refractivity contribution in [2.45, 2.75) is 29.0 Å². The van der Waals surface area contributed by atoms with E-state index < -0.39 is 98.2 Å². The van der Waals surface area contributed by atoms with E-state index in [-0.39, 0.29) is 41.5 Å². The molecule has 7 rings (SSSR count). The molecule has 6 unspecified atom stereocenters. The Morgan fingerprint density at radius 3 is 2.15 bits per heavy atom. The Morgan fingerprint density at radius 2 is 1.51 bits per heavy atom. The molecule has 4 aliphatic rings. The number of likely N-dealkylation sites (tertiary alicyclic amines) is 1. The second kappa shape index (κ2) is 12.9. The fourth-order valence-corrected chi connectivity index (χ4v) is 8.90. The van der Waals surface area contributed by atoms with Crippen molar-refractivity contribution in [2.75, 3.05) is 18.6 Å². The fourth-order valence-electron chi connectivity index (χ4n) is 8.01. The third-order valence-electron chi connectivity index (χ3n) is 10.6. The first-order valence-electron chi connectivity index (χ1n) is 16.2. The maximum atomic E-state index is 15.2. The van der Waals surface area contributed by atoms with Crippen LogP contribution in [0, 0.1) is 52.8 Å². The predicted molar refractivity (Wildman–Crippen MR) is 179 cm³/mol. The van der Waals surface area contributed by atoms with Gasteiger partial charge in [-0.1, -0.05) is 42.0 Å². The summed E-state index contributed by atoms with van der Waals surface area (Å²) in [7, 11) is 1.30. The second-order valence-corrected chi connectivity index (χ2v) is 14.5. The minimum Gasteiger partial charge on any atom is -0.508 e. The van der Waals surface area contributed by atoms with E-state index in [1.807, 2.05) is 0 Å². The highest BCUT2D eigenvalue weighted by Crippen LogP contribution is 2.64. The van der Waals surface area contributed by atoms with Crippen molar-refractivity contribution < 1.29 is 56.1 Å². The van der Waals surface area contributed by atoms with Crippen molar-refractivity contribution in [1.82, 2.24) is 4.90 Å². The third kappa shape index (κ3) is 5.24. The number of ether oxygens (including phenoxy) is 1. The molecule has 2 heterocycles. The number of fused-ring (bicyclic) bond motifs is 4. The smallest absolute Gasteiger partial charge is 0.258 e. The van der Waals surface area contributed by atoms with E-state index in [2.05, 4.69) is 0 Å². The van der Waals surface area contributed by atoms with Crippen LogP contribution in [0.25, 0.3) is 6.08 Å². The Labute approximate surface area is 307 Å². The van der Waals surface area contributed by atoms with Gasteiger partial charge in [0.25, 0.3) is 11.8 Å². The summed E-state index contributed by atoms with van der Waals surface area (Å²) in [5.74, 6) is -21.2. The van der Waals surface area contributed by atoms with Gasteiger partial charge < -0.3 is 14.9 Å². The van der Waals surface area contributed by atoms with E-state index >= 15 is 8.78 Å². The number of carbonyl (C=O) groups is 4. The highest BCUT2D eigenvalue weighted by molar-refractivity contribution is 6.58. The largest absolute Gasteiger partial charge is 0.508 e. The van der Waals surface area contributed by atoms with E-state index in [9.17, 15) is 42.6 Å². The zero-order chi connectivity index (χ0) is 38.3. The summed E-state index contributed by atoms with van der Waals surface area (Å²) in [5, 5.41) is 19.7. The molecule has 0 aromatic heterocycles. The summed E-state index contributed by atoms with van der Waals surface area (Å²) in [4.78, 5) is 51.9. The number of halogens is 7. The lowest BCUT2D eigenvalue weighted by Gasteiger charge is -2.49. The maximum absolute atomic E-state index is 15.2. The van der Waals surface area contributed by atoms with Crippen LogP contribution in [0.4, 0.5) is 27.6 Å². The van der Waals surface area contributed by atoms with Gasteiger partial charge in [-0.2, -0.15) is 0 Å². The van der Waals surface area contributed by atoms with Crippen LogP contribution in [0.5, 0.6) is 17.2 Å².